The van der Waals surface area contributed by atoms with E-state index >= 15 is 0 Å². The van der Waals surface area contributed by atoms with Crippen LogP contribution in [0, 0.1) is 0 Å². The summed E-state index contributed by atoms with van der Waals surface area (Å²) in [6, 6.07) is 9.49. The van der Waals surface area contributed by atoms with Crippen molar-refractivity contribution in [3.8, 4) is 11.5 Å². The predicted molar refractivity (Wildman–Crippen MR) is 112 cm³/mol. The molecule has 3 rings (SSSR count). The van der Waals surface area contributed by atoms with Gasteiger partial charge in [-0.25, -0.2) is 0 Å². The molecule has 144 valence electrons. The van der Waals surface area contributed by atoms with Crippen LogP contribution in [0.25, 0.3) is 6.08 Å². The van der Waals surface area contributed by atoms with Crippen molar-refractivity contribution in [2.45, 2.75) is 6.92 Å². The number of nitrogens with zero attached hydrogens (tertiary/aromatic N) is 1. The first-order chi connectivity index (χ1) is 13.3. The summed E-state index contributed by atoms with van der Waals surface area (Å²) in [5.41, 5.74) is 0.330. The number of amides is 2. The molecule has 0 saturated carbocycles. The molecule has 1 aliphatic rings. The Labute approximate surface area is 176 Å². The SMILES string of the molecule is CCOc1cccc(N2C(=O)/C(=C\c3cc(Cl)cc(Cl)c3O)C(=O)NC2=S)c1. The van der Waals surface area contributed by atoms with E-state index in [0.29, 0.717) is 18.0 Å². The van der Waals surface area contributed by atoms with Gasteiger partial charge in [0, 0.05) is 16.7 Å². The Balaban J connectivity index is 2.05. The monoisotopic (exact) mass is 436 g/mol. The van der Waals surface area contributed by atoms with Crippen LogP contribution in [-0.2, 0) is 9.59 Å². The molecule has 2 N–H and O–H groups in total. The van der Waals surface area contributed by atoms with Crippen molar-refractivity contribution in [3.05, 3.63) is 57.6 Å². The lowest BCUT2D eigenvalue weighted by atomic mass is 10.1. The van der Waals surface area contributed by atoms with Gasteiger partial charge < -0.3 is 9.84 Å². The lowest BCUT2D eigenvalue weighted by Gasteiger charge is -2.29. The highest BCUT2D eigenvalue weighted by Crippen LogP contribution is 2.33. The number of hydrogen-bond acceptors (Lipinski definition) is 5. The molecule has 0 bridgehead atoms. The Morgan fingerprint density at radius 2 is 2.00 bits per heavy atom. The molecular formula is C19H14Cl2N2O4S. The summed E-state index contributed by atoms with van der Waals surface area (Å²) in [5, 5.41) is 12.8. The van der Waals surface area contributed by atoms with Crippen LogP contribution < -0.4 is 15.0 Å². The van der Waals surface area contributed by atoms with Gasteiger partial charge in [-0.1, -0.05) is 29.3 Å². The summed E-state index contributed by atoms with van der Waals surface area (Å²) >= 11 is 17.0. The van der Waals surface area contributed by atoms with Crippen LogP contribution in [0.15, 0.2) is 42.0 Å². The number of aromatic hydroxyl groups is 1. The fourth-order valence-corrected chi connectivity index (χ4v) is 3.41. The zero-order valence-corrected chi connectivity index (χ0v) is 16.9. The number of phenolic OH excluding ortho intramolecular Hbond substituents is 1. The number of halogens is 2. The molecule has 6 nitrogen and oxygen atoms in total. The van der Waals surface area contributed by atoms with Gasteiger partial charge in [0.05, 0.1) is 17.3 Å². The second-order valence-corrected chi connectivity index (χ2v) is 6.94. The number of rotatable bonds is 4. The zero-order chi connectivity index (χ0) is 20.4. The highest BCUT2D eigenvalue weighted by atomic mass is 35.5. The smallest absolute Gasteiger partial charge is 0.270 e. The second kappa shape index (κ2) is 8.18. The van der Waals surface area contributed by atoms with E-state index in [9.17, 15) is 14.7 Å². The Morgan fingerprint density at radius 1 is 1.25 bits per heavy atom. The van der Waals surface area contributed by atoms with E-state index in [1.54, 1.807) is 24.3 Å². The third-order valence-corrected chi connectivity index (χ3v) is 4.64. The topological polar surface area (TPSA) is 78.9 Å². The average Bonchev–Trinajstić information content (AvgIpc) is 2.63. The minimum atomic E-state index is -0.692. The molecule has 2 aromatic rings. The Hall–Kier alpha value is -2.61. The number of carbonyl (C=O) groups excluding carboxylic acids is 2. The zero-order valence-electron chi connectivity index (χ0n) is 14.5. The van der Waals surface area contributed by atoms with Gasteiger partial charge in [-0.3, -0.25) is 19.8 Å². The number of carbonyl (C=O) groups is 2. The molecule has 2 aromatic carbocycles. The molecule has 1 heterocycles. The summed E-state index contributed by atoms with van der Waals surface area (Å²) in [4.78, 5) is 26.6. The van der Waals surface area contributed by atoms with Crippen LogP contribution >= 0.6 is 35.4 Å². The molecule has 1 saturated heterocycles. The number of hydrogen-bond donors (Lipinski definition) is 2. The van der Waals surface area contributed by atoms with Gasteiger partial charge in [-0.05, 0) is 49.5 Å². The molecule has 0 spiro atoms. The van der Waals surface area contributed by atoms with E-state index in [4.69, 9.17) is 40.2 Å². The number of anilines is 1. The summed E-state index contributed by atoms with van der Waals surface area (Å²) in [7, 11) is 0. The van der Waals surface area contributed by atoms with Gasteiger partial charge in [0.1, 0.15) is 17.1 Å². The molecule has 0 aliphatic carbocycles. The summed E-state index contributed by atoms with van der Waals surface area (Å²) in [6.07, 6.45) is 1.21. The van der Waals surface area contributed by atoms with Crippen molar-refractivity contribution >= 4 is 64.1 Å². The molecular weight excluding hydrogens is 423 g/mol. The first-order valence-corrected chi connectivity index (χ1v) is 9.30. The predicted octanol–water partition coefficient (Wildman–Crippen LogP) is 3.93. The van der Waals surface area contributed by atoms with Crippen molar-refractivity contribution in [1.82, 2.24) is 5.32 Å². The highest BCUT2D eigenvalue weighted by molar-refractivity contribution is 7.80. The third-order valence-electron chi connectivity index (χ3n) is 3.85. The van der Waals surface area contributed by atoms with E-state index < -0.39 is 11.8 Å². The van der Waals surface area contributed by atoms with Gasteiger partial charge in [0.25, 0.3) is 11.8 Å². The van der Waals surface area contributed by atoms with Crippen LogP contribution in [0.5, 0.6) is 11.5 Å². The minimum absolute atomic E-state index is 0.000177. The van der Waals surface area contributed by atoms with Gasteiger partial charge in [0.2, 0.25) is 0 Å². The Bertz CT molecular complexity index is 1020. The van der Waals surface area contributed by atoms with Crippen LogP contribution in [0.2, 0.25) is 10.0 Å². The molecule has 1 aliphatic heterocycles. The Kier molecular flexibility index (Phi) is 5.88. The van der Waals surface area contributed by atoms with Gasteiger partial charge >= 0.3 is 0 Å². The molecule has 28 heavy (non-hydrogen) atoms. The second-order valence-electron chi connectivity index (χ2n) is 5.71. The number of ether oxygens (including phenoxy) is 1. The van der Waals surface area contributed by atoms with Crippen molar-refractivity contribution in [2.75, 3.05) is 11.5 Å². The average molecular weight is 437 g/mol. The first kappa shape index (κ1) is 20.1. The van der Waals surface area contributed by atoms with Crippen LogP contribution in [0.4, 0.5) is 5.69 Å². The number of benzene rings is 2. The van der Waals surface area contributed by atoms with E-state index in [1.165, 1.54) is 23.1 Å². The summed E-state index contributed by atoms with van der Waals surface area (Å²) < 4.78 is 5.45. The lowest BCUT2D eigenvalue weighted by Crippen LogP contribution is -2.54. The quantitative estimate of drug-likeness (QED) is 0.431. The van der Waals surface area contributed by atoms with Crippen molar-refractivity contribution < 1.29 is 19.4 Å². The van der Waals surface area contributed by atoms with Gasteiger partial charge in [-0.2, -0.15) is 0 Å². The van der Waals surface area contributed by atoms with Crippen LogP contribution in [0.1, 0.15) is 12.5 Å². The molecule has 0 radical (unpaired) electrons. The number of phenols is 1. The minimum Gasteiger partial charge on any atom is -0.506 e. The fourth-order valence-electron chi connectivity index (χ4n) is 2.62. The number of thiocarbonyl (C=S) groups is 1. The van der Waals surface area contributed by atoms with Crippen molar-refractivity contribution in [3.63, 3.8) is 0 Å². The molecule has 0 atom stereocenters. The van der Waals surface area contributed by atoms with Gasteiger partial charge in [-0.15, -0.1) is 0 Å². The maximum Gasteiger partial charge on any atom is 0.270 e. The first-order valence-electron chi connectivity index (χ1n) is 8.14. The van der Waals surface area contributed by atoms with Crippen LogP contribution in [-0.4, -0.2) is 28.6 Å². The maximum absolute atomic E-state index is 13.0. The lowest BCUT2D eigenvalue weighted by molar-refractivity contribution is -0.122. The molecule has 0 aromatic heterocycles. The standard InChI is InChI=1S/C19H14Cl2N2O4S/c1-2-27-13-5-3-4-12(9-13)23-18(26)14(17(25)22-19(23)28)7-10-6-11(20)8-15(21)16(10)24/h3-9,24H,2H2,1H3,(H,22,25,28)/b14-7-. The van der Waals surface area contributed by atoms with Crippen LogP contribution in [0.3, 0.4) is 0 Å². The van der Waals surface area contributed by atoms with Gasteiger partial charge in [0.15, 0.2) is 5.11 Å². The van der Waals surface area contributed by atoms with Crippen molar-refractivity contribution in [1.29, 1.82) is 0 Å². The Morgan fingerprint density at radius 3 is 2.71 bits per heavy atom. The third kappa shape index (κ3) is 3.96. The summed E-state index contributed by atoms with van der Waals surface area (Å²) in [6.45, 7) is 2.30. The maximum atomic E-state index is 13.0. The largest absolute Gasteiger partial charge is 0.506 e. The fraction of sp³-hybridized carbons (Fsp3) is 0.105. The normalized spacial score (nSPS) is 15.8. The van der Waals surface area contributed by atoms with E-state index in [2.05, 4.69) is 5.32 Å². The highest BCUT2D eigenvalue weighted by Gasteiger charge is 2.34. The molecule has 9 heteroatoms. The van der Waals surface area contributed by atoms with E-state index in [-0.39, 0.29) is 32.0 Å². The summed E-state index contributed by atoms with van der Waals surface area (Å²) in [5.74, 6) is -1.09. The van der Waals surface area contributed by atoms with E-state index in [1.807, 2.05) is 6.92 Å². The molecule has 0 unspecified atom stereocenters. The van der Waals surface area contributed by atoms with E-state index in [0.717, 1.165) is 0 Å². The molecule has 2 amide bonds. The van der Waals surface area contributed by atoms with Crippen molar-refractivity contribution in [2.24, 2.45) is 0 Å². The number of nitrogens with one attached hydrogen (secondary N) is 1. The molecule has 1 fully saturated rings.